The van der Waals surface area contributed by atoms with Crippen LogP contribution in [0.2, 0.25) is 5.02 Å². The van der Waals surface area contributed by atoms with Crippen molar-refractivity contribution in [2.75, 3.05) is 0 Å². The molecule has 1 nitrogen and oxygen atoms in total. The lowest BCUT2D eigenvalue weighted by atomic mass is 10.1. The topological polar surface area (TPSA) is 17.1 Å². The van der Waals surface area contributed by atoms with Gasteiger partial charge in [-0.05, 0) is 39.5 Å². The van der Waals surface area contributed by atoms with Crippen molar-refractivity contribution in [1.82, 2.24) is 0 Å². The maximum Gasteiger partial charge on any atom is 0.205 e. The van der Waals surface area contributed by atoms with Crippen LogP contribution in [0.15, 0.2) is 34.1 Å². The zero-order chi connectivity index (χ0) is 11.7. The Labute approximate surface area is 109 Å². The van der Waals surface area contributed by atoms with Gasteiger partial charge in [-0.3, -0.25) is 4.79 Å². The Morgan fingerprint density at radius 2 is 2.12 bits per heavy atom. The number of hydrogen-bond donors (Lipinski definition) is 0. The monoisotopic (exact) mass is 318 g/mol. The number of carbonyl (C=O) groups excluding carboxylic acids is 1. The highest BCUT2D eigenvalue weighted by molar-refractivity contribution is 9.10. The van der Waals surface area contributed by atoms with Gasteiger partial charge in [0.1, 0.15) is 5.82 Å². The van der Waals surface area contributed by atoms with E-state index in [0.717, 1.165) is 0 Å². The Hall–Kier alpha value is -0.710. The maximum absolute atomic E-state index is 13.3. The zero-order valence-corrected chi connectivity index (χ0v) is 11.0. The molecule has 0 bridgehead atoms. The van der Waals surface area contributed by atoms with E-state index in [1.54, 1.807) is 17.5 Å². The van der Waals surface area contributed by atoms with Crippen LogP contribution in [0, 0.1) is 5.82 Å². The van der Waals surface area contributed by atoms with E-state index in [-0.39, 0.29) is 15.8 Å². The molecule has 5 heteroatoms. The van der Waals surface area contributed by atoms with Gasteiger partial charge in [0.05, 0.1) is 14.4 Å². The van der Waals surface area contributed by atoms with Crippen LogP contribution in [-0.4, -0.2) is 5.78 Å². The Balaban J connectivity index is 2.50. The second kappa shape index (κ2) is 4.65. The molecule has 0 aliphatic rings. The molecule has 1 heterocycles. The molecule has 1 aromatic carbocycles. The van der Waals surface area contributed by atoms with Gasteiger partial charge in [-0.1, -0.05) is 17.7 Å². The summed E-state index contributed by atoms with van der Waals surface area (Å²) in [5.41, 5.74) is 0.282. The Morgan fingerprint density at radius 1 is 1.38 bits per heavy atom. The molecule has 0 saturated carbocycles. The van der Waals surface area contributed by atoms with E-state index in [9.17, 15) is 9.18 Å². The Morgan fingerprint density at radius 3 is 2.75 bits per heavy atom. The summed E-state index contributed by atoms with van der Waals surface area (Å²) in [4.78, 5) is 12.5. The molecule has 0 spiro atoms. The molecule has 2 aromatic rings. The minimum atomic E-state index is -0.460. The van der Waals surface area contributed by atoms with E-state index < -0.39 is 5.82 Å². The second-order valence-electron chi connectivity index (χ2n) is 3.03. The van der Waals surface area contributed by atoms with Crippen molar-refractivity contribution < 1.29 is 9.18 Å². The minimum Gasteiger partial charge on any atom is -0.288 e. The number of carbonyl (C=O) groups is 1. The summed E-state index contributed by atoms with van der Waals surface area (Å²) in [7, 11) is 0. The largest absolute Gasteiger partial charge is 0.288 e. The number of halogens is 3. The third-order valence-corrected chi connectivity index (χ3v) is 4.17. The van der Waals surface area contributed by atoms with Crippen LogP contribution in [-0.2, 0) is 0 Å². The first-order chi connectivity index (χ1) is 7.61. The van der Waals surface area contributed by atoms with Crippen LogP contribution < -0.4 is 0 Å². The zero-order valence-electron chi connectivity index (χ0n) is 7.84. The van der Waals surface area contributed by atoms with Crippen LogP contribution in [0.25, 0.3) is 0 Å². The first-order valence-electron chi connectivity index (χ1n) is 4.33. The highest BCUT2D eigenvalue weighted by Crippen LogP contribution is 2.29. The third kappa shape index (κ3) is 2.05. The molecule has 0 aliphatic carbocycles. The fourth-order valence-corrected chi connectivity index (χ4v) is 2.80. The molecular weight excluding hydrogens is 315 g/mol. The standard InChI is InChI=1S/C11H5BrClFOS/c12-9-6(2-1-3-8(9)14)10(15)11-7(13)4-5-16-11/h1-5H. The van der Waals surface area contributed by atoms with Crippen LogP contribution in [0.5, 0.6) is 0 Å². The van der Waals surface area contributed by atoms with Gasteiger partial charge >= 0.3 is 0 Å². The fraction of sp³-hybridized carbons (Fsp3) is 0. The summed E-state index contributed by atoms with van der Waals surface area (Å²) < 4.78 is 13.4. The minimum absolute atomic E-state index is 0.171. The van der Waals surface area contributed by atoms with Gasteiger partial charge in [-0.15, -0.1) is 11.3 Å². The Kier molecular flexibility index (Phi) is 3.42. The summed E-state index contributed by atoms with van der Waals surface area (Å²) in [5.74, 6) is -0.732. The van der Waals surface area contributed by atoms with E-state index in [4.69, 9.17) is 11.6 Å². The van der Waals surface area contributed by atoms with Crippen LogP contribution in [0.3, 0.4) is 0 Å². The summed E-state index contributed by atoms with van der Waals surface area (Å²) in [6.45, 7) is 0. The van der Waals surface area contributed by atoms with Gasteiger partial charge in [-0.2, -0.15) is 0 Å². The quantitative estimate of drug-likeness (QED) is 0.743. The van der Waals surface area contributed by atoms with E-state index in [0.29, 0.717) is 9.90 Å². The van der Waals surface area contributed by atoms with Crippen molar-refractivity contribution in [3.63, 3.8) is 0 Å². The lowest BCUT2D eigenvalue weighted by Crippen LogP contribution is -2.01. The van der Waals surface area contributed by atoms with E-state index in [2.05, 4.69) is 15.9 Å². The predicted molar refractivity (Wildman–Crippen MR) is 66.9 cm³/mol. The van der Waals surface area contributed by atoms with Gasteiger partial charge in [0.25, 0.3) is 0 Å². The van der Waals surface area contributed by atoms with Gasteiger partial charge in [0.2, 0.25) is 5.78 Å². The predicted octanol–water partition coefficient (Wildman–Crippen LogP) is 4.53. The van der Waals surface area contributed by atoms with Crippen LogP contribution in [0.4, 0.5) is 4.39 Å². The van der Waals surface area contributed by atoms with E-state index in [1.807, 2.05) is 0 Å². The van der Waals surface area contributed by atoms with Crippen molar-refractivity contribution >= 4 is 44.7 Å². The molecule has 0 atom stereocenters. The van der Waals surface area contributed by atoms with Crippen molar-refractivity contribution in [1.29, 1.82) is 0 Å². The molecule has 0 amide bonds. The summed E-state index contributed by atoms with van der Waals surface area (Å²) in [5, 5.41) is 2.12. The SMILES string of the molecule is O=C(c1cccc(F)c1Br)c1sccc1Cl. The van der Waals surface area contributed by atoms with Crippen molar-refractivity contribution in [2.24, 2.45) is 0 Å². The molecule has 0 radical (unpaired) electrons. The van der Waals surface area contributed by atoms with E-state index in [1.165, 1.54) is 23.5 Å². The van der Waals surface area contributed by atoms with Gasteiger partial charge in [-0.25, -0.2) is 4.39 Å². The number of hydrogen-bond acceptors (Lipinski definition) is 2. The van der Waals surface area contributed by atoms with Gasteiger partial charge in [0.15, 0.2) is 0 Å². The maximum atomic E-state index is 13.3. The van der Waals surface area contributed by atoms with E-state index >= 15 is 0 Å². The molecule has 0 fully saturated rings. The number of thiophene rings is 1. The van der Waals surface area contributed by atoms with Crippen LogP contribution >= 0.6 is 38.9 Å². The highest BCUT2D eigenvalue weighted by Gasteiger charge is 2.18. The number of rotatable bonds is 2. The molecule has 1 aromatic heterocycles. The number of ketones is 1. The lowest BCUT2D eigenvalue weighted by Gasteiger charge is -2.03. The highest BCUT2D eigenvalue weighted by atomic mass is 79.9. The molecular formula is C11H5BrClFOS. The average molecular weight is 320 g/mol. The van der Waals surface area contributed by atoms with Crippen LogP contribution in [0.1, 0.15) is 15.2 Å². The molecule has 16 heavy (non-hydrogen) atoms. The summed E-state index contributed by atoms with van der Waals surface area (Å²) >= 11 is 10.2. The normalized spacial score (nSPS) is 10.4. The first-order valence-corrected chi connectivity index (χ1v) is 6.38. The second-order valence-corrected chi connectivity index (χ2v) is 5.14. The molecule has 0 N–H and O–H groups in total. The first kappa shape index (κ1) is 11.8. The smallest absolute Gasteiger partial charge is 0.205 e. The average Bonchev–Trinajstić information content (AvgIpc) is 2.68. The third-order valence-electron chi connectivity index (χ3n) is 2.02. The molecule has 2 rings (SSSR count). The molecule has 0 unspecified atom stereocenters. The number of benzene rings is 1. The summed E-state index contributed by atoms with van der Waals surface area (Å²) in [6, 6.07) is 5.99. The van der Waals surface area contributed by atoms with Gasteiger partial charge < -0.3 is 0 Å². The van der Waals surface area contributed by atoms with Crippen molar-refractivity contribution in [2.45, 2.75) is 0 Å². The molecule has 0 aliphatic heterocycles. The summed E-state index contributed by atoms with van der Waals surface area (Å²) in [6.07, 6.45) is 0. The molecule has 0 saturated heterocycles. The van der Waals surface area contributed by atoms with Crippen molar-refractivity contribution in [3.8, 4) is 0 Å². The fourth-order valence-electron chi connectivity index (χ4n) is 1.26. The Bertz CT molecular complexity index is 553. The lowest BCUT2D eigenvalue weighted by molar-refractivity contribution is 0.104. The van der Waals surface area contributed by atoms with Gasteiger partial charge in [0, 0.05) is 5.56 Å². The molecule has 82 valence electrons. The van der Waals surface area contributed by atoms with Crippen molar-refractivity contribution in [3.05, 3.63) is 55.4 Å².